The molecule has 1 amide bonds. The van der Waals surface area contributed by atoms with Crippen LogP contribution in [0.3, 0.4) is 0 Å². The van der Waals surface area contributed by atoms with Crippen molar-refractivity contribution in [3.05, 3.63) is 59.2 Å². The number of aryl methyl sites for hydroxylation is 2. The van der Waals surface area contributed by atoms with Gasteiger partial charge in [0.2, 0.25) is 10.0 Å². The molecule has 0 radical (unpaired) electrons. The zero-order valence-corrected chi connectivity index (χ0v) is 17.0. The number of carbonyl (C=O) groups excluding carboxylic acids is 1. The van der Waals surface area contributed by atoms with Crippen LogP contribution in [0.25, 0.3) is 0 Å². The van der Waals surface area contributed by atoms with Crippen LogP contribution < -0.4 is 5.73 Å². The molecule has 1 aliphatic rings. The van der Waals surface area contributed by atoms with Crippen molar-refractivity contribution in [2.45, 2.75) is 18.7 Å². The summed E-state index contributed by atoms with van der Waals surface area (Å²) in [6, 6.07) is 12.3. The quantitative estimate of drug-likeness (QED) is 0.789. The molecule has 1 heterocycles. The minimum atomic E-state index is -3.57. The number of nitrogen functional groups attached to an aromatic ring is 1. The molecule has 0 spiro atoms. The van der Waals surface area contributed by atoms with Crippen molar-refractivity contribution < 1.29 is 13.2 Å². The van der Waals surface area contributed by atoms with E-state index in [1.807, 2.05) is 19.1 Å². The molecule has 1 saturated heterocycles. The highest BCUT2D eigenvalue weighted by Crippen LogP contribution is 2.23. The Morgan fingerprint density at radius 1 is 1.00 bits per heavy atom. The summed E-state index contributed by atoms with van der Waals surface area (Å²) in [7, 11) is -3.57. The topological polar surface area (TPSA) is 83.7 Å². The first-order chi connectivity index (χ1) is 12.3. The summed E-state index contributed by atoms with van der Waals surface area (Å²) in [6.07, 6.45) is 0. The van der Waals surface area contributed by atoms with Crippen LogP contribution in [0, 0.1) is 13.8 Å². The second kappa shape index (κ2) is 8.29. The Kier molecular flexibility index (Phi) is 6.51. The number of halogens is 1. The Morgan fingerprint density at radius 2 is 1.63 bits per heavy atom. The van der Waals surface area contributed by atoms with Crippen LogP contribution in [0.15, 0.2) is 47.4 Å². The molecule has 8 heteroatoms. The summed E-state index contributed by atoms with van der Waals surface area (Å²) < 4.78 is 27.4. The number of piperazine rings is 1. The highest BCUT2D eigenvalue weighted by atomic mass is 35.5. The van der Waals surface area contributed by atoms with Crippen molar-refractivity contribution in [1.82, 2.24) is 9.21 Å². The third kappa shape index (κ3) is 4.26. The first-order valence-electron chi connectivity index (χ1n) is 8.52. The molecule has 1 aliphatic heterocycles. The van der Waals surface area contributed by atoms with Crippen molar-refractivity contribution >= 4 is 34.0 Å². The van der Waals surface area contributed by atoms with Gasteiger partial charge in [-0.1, -0.05) is 24.3 Å². The molecule has 0 unspecified atom stereocenters. The number of amides is 1. The van der Waals surface area contributed by atoms with Crippen LogP contribution in [0.5, 0.6) is 0 Å². The molecule has 0 aromatic heterocycles. The average molecular weight is 410 g/mol. The number of hydrogen-bond donors (Lipinski definition) is 1. The Bertz CT molecular complexity index is 939. The average Bonchev–Trinajstić information content (AvgIpc) is 2.63. The molecule has 0 saturated carbocycles. The zero-order chi connectivity index (χ0) is 18.9. The van der Waals surface area contributed by atoms with Gasteiger partial charge in [0.1, 0.15) is 0 Å². The molecule has 6 nitrogen and oxygen atoms in total. The number of sulfonamides is 1. The zero-order valence-electron chi connectivity index (χ0n) is 15.4. The highest BCUT2D eigenvalue weighted by Gasteiger charge is 2.31. The maximum Gasteiger partial charge on any atom is 0.256 e. The van der Waals surface area contributed by atoms with Gasteiger partial charge >= 0.3 is 0 Å². The van der Waals surface area contributed by atoms with Crippen molar-refractivity contribution in [3.8, 4) is 0 Å². The lowest BCUT2D eigenvalue weighted by Crippen LogP contribution is -2.50. The Hall–Kier alpha value is -2.09. The fourth-order valence-corrected chi connectivity index (χ4v) is 4.85. The standard InChI is InChI=1S/C19H23N3O3S.ClH/c1-14-7-8-15(2)18(13-14)26(24,25)22-11-9-21(10-12-22)19(23)16-5-3-4-6-17(16)20;/h3-8,13H,9-12,20H2,1-2H3;1H. The number of anilines is 1. The van der Waals surface area contributed by atoms with Gasteiger partial charge in [0.15, 0.2) is 0 Å². The predicted molar refractivity (Wildman–Crippen MR) is 109 cm³/mol. The number of nitrogens with zero attached hydrogens (tertiary/aromatic N) is 2. The summed E-state index contributed by atoms with van der Waals surface area (Å²) in [4.78, 5) is 14.6. The minimum absolute atomic E-state index is 0. The van der Waals surface area contributed by atoms with Gasteiger partial charge in [-0.15, -0.1) is 12.4 Å². The normalized spacial score (nSPS) is 15.3. The third-order valence-electron chi connectivity index (χ3n) is 4.68. The van der Waals surface area contributed by atoms with Crippen molar-refractivity contribution in [3.63, 3.8) is 0 Å². The molecule has 0 bridgehead atoms. The maximum atomic E-state index is 13.0. The number of carbonyl (C=O) groups is 1. The lowest BCUT2D eigenvalue weighted by Gasteiger charge is -2.34. The second-order valence-electron chi connectivity index (χ2n) is 6.55. The molecule has 27 heavy (non-hydrogen) atoms. The van der Waals surface area contributed by atoms with Crippen LogP contribution in [0.1, 0.15) is 21.5 Å². The van der Waals surface area contributed by atoms with Crippen LogP contribution in [0.4, 0.5) is 5.69 Å². The van der Waals surface area contributed by atoms with Crippen LogP contribution in [-0.4, -0.2) is 49.7 Å². The van der Waals surface area contributed by atoms with Gasteiger partial charge in [0, 0.05) is 31.9 Å². The number of rotatable bonds is 3. The Morgan fingerprint density at radius 3 is 2.26 bits per heavy atom. The van der Waals surface area contributed by atoms with Crippen LogP contribution >= 0.6 is 12.4 Å². The molecule has 2 N–H and O–H groups in total. The van der Waals surface area contributed by atoms with Crippen LogP contribution in [-0.2, 0) is 10.0 Å². The second-order valence-corrected chi connectivity index (χ2v) is 8.46. The van der Waals surface area contributed by atoms with E-state index in [2.05, 4.69) is 0 Å². The van der Waals surface area contributed by atoms with Gasteiger partial charge in [-0.25, -0.2) is 8.42 Å². The van der Waals surface area contributed by atoms with Crippen molar-refractivity contribution in [2.75, 3.05) is 31.9 Å². The number of hydrogen-bond acceptors (Lipinski definition) is 4. The van der Waals surface area contributed by atoms with Gasteiger partial charge in [0.25, 0.3) is 5.91 Å². The molecule has 2 aromatic rings. The number of nitrogens with two attached hydrogens (primary N) is 1. The van der Waals surface area contributed by atoms with Gasteiger partial charge in [0.05, 0.1) is 10.5 Å². The van der Waals surface area contributed by atoms with E-state index >= 15 is 0 Å². The van der Waals surface area contributed by atoms with Gasteiger partial charge in [-0.05, 0) is 43.2 Å². The summed E-state index contributed by atoms with van der Waals surface area (Å²) in [5.74, 6) is -0.160. The predicted octanol–water partition coefficient (Wildman–Crippen LogP) is 2.45. The van der Waals surface area contributed by atoms with E-state index in [9.17, 15) is 13.2 Å². The largest absolute Gasteiger partial charge is 0.398 e. The van der Waals surface area contributed by atoms with Crippen molar-refractivity contribution in [2.24, 2.45) is 0 Å². The molecule has 2 aromatic carbocycles. The smallest absolute Gasteiger partial charge is 0.256 e. The number of benzene rings is 2. The van der Waals surface area contributed by atoms with E-state index in [4.69, 9.17) is 5.73 Å². The van der Waals surface area contributed by atoms with E-state index < -0.39 is 10.0 Å². The third-order valence-corrected chi connectivity index (χ3v) is 6.72. The molecule has 0 atom stereocenters. The molecule has 3 rings (SSSR count). The monoisotopic (exact) mass is 409 g/mol. The summed E-state index contributed by atoms with van der Waals surface area (Å²) in [5.41, 5.74) is 8.40. The SMILES string of the molecule is Cc1ccc(C)c(S(=O)(=O)N2CCN(C(=O)c3ccccc3N)CC2)c1.Cl. The summed E-state index contributed by atoms with van der Waals surface area (Å²) in [5, 5.41) is 0. The first-order valence-corrected chi connectivity index (χ1v) is 9.96. The fraction of sp³-hybridized carbons (Fsp3) is 0.316. The lowest BCUT2D eigenvalue weighted by atomic mass is 10.1. The minimum Gasteiger partial charge on any atom is -0.398 e. The fourth-order valence-electron chi connectivity index (χ4n) is 3.12. The summed E-state index contributed by atoms with van der Waals surface area (Å²) >= 11 is 0. The van der Waals surface area contributed by atoms with E-state index in [-0.39, 0.29) is 31.4 Å². The van der Waals surface area contributed by atoms with Gasteiger partial charge in [-0.3, -0.25) is 4.79 Å². The van der Waals surface area contributed by atoms with Gasteiger partial charge in [-0.2, -0.15) is 4.31 Å². The Labute approximate surface area is 166 Å². The lowest BCUT2D eigenvalue weighted by molar-refractivity contribution is 0.0699. The summed E-state index contributed by atoms with van der Waals surface area (Å²) in [6.45, 7) is 4.90. The van der Waals surface area contributed by atoms with Crippen molar-refractivity contribution in [1.29, 1.82) is 0 Å². The van der Waals surface area contributed by atoms with Gasteiger partial charge < -0.3 is 10.6 Å². The maximum absolute atomic E-state index is 13.0. The van der Waals surface area contributed by atoms with Crippen LogP contribution in [0.2, 0.25) is 0 Å². The van der Waals surface area contributed by atoms with E-state index in [1.54, 1.807) is 42.2 Å². The highest BCUT2D eigenvalue weighted by molar-refractivity contribution is 7.89. The van der Waals surface area contributed by atoms with E-state index in [1.165, 1.54) is 4.31 Å². The Balaban J connectivity index is 0.00000261. The molecular weight excluding hydrogens is 386 g/mol. The number of para-hydroxylation sites is 1. The first kappa shape index (κ1) is 21.2. The van der Waals surface area contributed by atoms with E-state index in [0.29, 0.717) is 29.2 Å². The molecule has 1 fully saturated rings. The van der Waals surface area contributed by atoms with E-state index in [0.717, 1.165) is 11.1 Å². The molecule has 0 aliphatic carbocycles. The molecule has 146 valence electrons. The molecular formula is C19H24ClN3O3S.